The largest absolute Gasteiger partial charge is 0.573 e. The molecule has 1 rings (SSSR count). The van der Waals surface area contributed by atoms with Crippen molar-refractivity contribution in [1.82, 2.24) is 4.98 Å². The Balaban J connectivity index is 3.42. The van der Waals surface area contributed by atoms with E-state index >= 15 is 0 Å². The van der Waals surface area contributed by atoms with Gasteiger partial charge in [0.05, 0.1) is 12.1 Å². The lowest BCUT2D eigenvalue weighted by Gasteiger charge is -2.17. The van der Waals surface area contributed by atoms with Crippen molar-refractivity contribution in [3.05, 3.63) is 23.0 Å². The monoisotopic (exact) mass is 363 g/mol. The lowest BCUT2D eigenvalue weighted by molar-refractivity contribution is -0.275. The number of pyridine rings is 1. The lowest BCUT2D eigenvalue weighted by Crippen LogP contribution is -2.21. The van der Waals surface area contributed by atoms with E-state index in [1.54, 1.807) is 0 Å². The van der Waals surface area contributed by atoms with Crippen molar-refractivity contribution in [2.24, 2.45) is 0 Å². The predicted octanol–water partition coefficient (Wildman–Crippen LogP) is 3.44. The van der Waals surface area contributed by atoms with Gasteiger partial charge < -0.3 is 9.84 Å². The summed E-state index contributed by atoms with van der Waals surface area (Å²) in [6, 6.07) is 0. The molecule has 20 heavy (non-hydrogen) atoms. The van der Waals surface area contributed by atoms with E-state index in [9.17, 15) is 26.7 Å². The Morgan fingerprint density at radius 2 is 2.05 bits per heavy atom. The highest BCUT2D eigenvalue weighted by Crippen LogP contribution is 2.36. The molecule has 0 spiro atoms. The number of carboxylic acid groups (broad SMARTS) is 1. The van der Waals surface area contributed by atoms with Crippen molar-refractivity contribution in [3.63, 3.8) is 0 Å². The molecule has 0 aliphatic heterocycles. The van der Waals surface area contributed by atoms with E-state index in [1.165, 1.54) is 0 Å². The Morgan fingerprint density at radius 1 is 1.45 bits per heavy atom. The molecule has 0 radical (unpaired) electrons. The molecule has 1 aromatic heterocycles. The van der Waals surface area contributed by atoms with Crippen LogP contribution in [0.2, 0.25) is 0 Å². The van der Waals surface area contributed by atoms with Crippen molar-refractivity contribution in [1.29, 1.82) is 0 Å². The van der Waals surface area contributed by atoms with Crippen LogP contribution in [0.1, 0.15) is 23.2 Å². The molecule has 112 valence electrons. The van der Waals surface area contributed by atoms with Gasteiger partial charge in [0.1, 0.15) is 0 Å². The fourth-order valence-electron chi connectivity index (χ4n) is 1.42. The maximum atomic E-state index is 12.7. The van der Waals surface area contributed by atoms with Crippen LogP contribution in [-0.2, 0) is 16.5 Å². The van der Waals surface area contributed by atoms with E-state index in [-0.39, 0.29) is 5.33 Å². The fourth-order valence-corrected chi connectivity index (χ4v) is 2.00. The lowest BCUT2D eigenvalue weighted by atomic mass is 10.1. The number of halogens is 6. The van der Waals surface area contributed by atoms with Gasteiger partial charge in [0.2, 0.25) is 0 Å². The minimum absolute atomic E-state index is 0.368. The summed E-state index contributed by atoms with van der Waals surface area (Å²) in [4.78, 5) is 13.9. The molecule has 0 amide bonds. The number of aliphatic carboxylic acids is 1. The molecule has 0 fully saturated rings. The van der Waals surface area contributed by atoms with Gasteiger partial charge in [-0.1, -0.05) is 15.9 Å². The first kappa shape index (κ1) is 16.6. The molecule has 10 heteroatoms. The van der Waals surface area contributed by atoms with E-state index in [0.717, 1.165) is 0 Å². The molecule has 0 aromatic carbocycles. The van der Waals surface area contributed by atoms with Gasteiger partial charge in [0.15, 0.2) is 5.75 Å². The zero-order chi connectivity index (χ0) is 15.5. The van der Waals surface area contributed by atoms with Crippen LogP contribution in [0.4, 0.5) is 22.0 Å². The van der Waals surface area contributed by atoms with Gasteiger partial charge in [-0.15, -0.1) is 13.2 Å². The smallest absolute Gasteiger partial charge is 0.481 e. The molecule has 0 aliphatic rings. The van der Waals surface area contributed by atoms with Gasteiger partial charge in [-0.2, -0.15) is 0 Å². The number of carbonyl (C=O) groups is 1. The highest BCUT2D eigenvalue weighted by Gasteiger charge is 2.35. The summed E-state index contributed by atoms with van der Waals surface area (Å²) in [6.07, 6.45) is -8.45. The maximum absolute atomic E-state index is 12.7. The molecule has 4 nitrogen and oxygen atoms in total. The van der Waals surface area contributed by atoms with Crippen LogP contribution in [0, 0.1) is 0 Å². The van der Waals surface area contributed by atoms with Crippen LogP contribution in [-0.4, -0.2) is 22.4 Å². The molecule has 0 aliphatic carbocycles. The second kappa shape index (κ2) is 6.33. The number of nitrogens with zero attached hydrogens (tertiary/aromatic N) is 1. The van der Waals surface area contributed by atoms with Gasteiger partial charge in [-0.05, 0) is 0 Å². The van der Waals surface area contributed by atoms with E-state index < -0.39 is 47.7 Å². The zero-order valence-electron chi connectivity index (χ0n) is 9.55. The second-order valence-electron chi connectivity index (χ2n) is 3.52. The van der Waals surface area contributed by atoms with Crippen molar-refractivity contribution < 1.29 is 36.6 Å². The van der Waals surface area contributed by atoms with Gasteiger partial charge in [-0.3, -0.25) is 9.78 Å². The number of hydrogen-bond donors (Lipinski definition) is 1. The number of rotatable bonds is 5. The summed E-state index contributed by atoms with van der Waals surface area (Å²) in [6.45, 7) is 0. The summed E-state index contributed by atoms with van der Waals surface area (Å²) in [5.74, 6) is -2.47. The van der Waals surface area contributed by atoms with Crippen LogP contribution in [0.15, 0.2) is 6.20 Å². The molecule has 0 saturated heterocycles. The Morgan fingerprint density at radius 3 is 2.45 bits per heavy atom. The zero-order valence-corrected chi connectivity index (χ0v) is 11.1. The van der Waals surface area contributed by atoms with Crippen molar-refractivity contribution in [2.75, 3.05) is 0 Å². The fraction of sp³-hybridized carbons (Fsp3) is 0.400. The van der Waals surface area contributed by atoms with Gasteiger partial charge in [-0.25, -0.2) is 8.78 Å². The van der Waals surface area contributed by atoms with E-state index in [2.05, 4.69) is 25.7 Å². The highest BCUT2D eigenvalue weighted by molar-refractivity contribution is 9.08. The highest BCUT2D eigenvalue weighted by atomic mass is 79.9. The first-order valence-corrected chi connectivity index (χ1v) is 6.10. The summed E-state index contributed by atoms with van der Waals surface area (Å²) < 4.78 is 66.0. The maximum Gasteiger partial charge on any atom is 0.573 e. The molecular weight excluding hydrogens is 357 g/mol. The molecule has 0 atom stereocenters. The van der Waals surface area contributed by atoms with Gasteiger partial charge in [0.25, 0.3) is 6.43 Å². The van der Waals surface area contributed by atoms with Crippen LogP contribution in [0.25, 0.3) is 0 Å². The van der Waals surface area contributed by atoms with E-state index in [1.807, 2.05) is 0 Å². The van der Waals surface area contributed by atoms with Gasteiger partial charge in [0, 0.05) is 22.7 Å². The first-order chi connectivity index (χ1) is 9.15. The number of hydrogen-bond acceptors (Lipinski definition) is 3. The normalized spacial score (nSPS) is 11.8. The SMILES string of the molecule is O=C(O)Cc1ncc(C(F)F)c(CBr)c1OC(F)(F)F. The van der Waals surface area contributed by atoms with Crippen LogP contribution < -0.4 is 4.74 Å². The van der Waals surface area contributed by atoms with Crippen LogP contribution in [0.3, 0.4) is 0 Å². The Bertz CT molecular complexity index is 506. The quantitative estimate of drug-likeness (QED) is 0.643. The third-order valence-electron chi connectivity index (χ3n) is 2.15. The standard InChI is InChI=1S/C10H7BrF5NO3/c11-2-4-5(9(12)13)3-17-6(1-7(18)19)8(4)20-10(14,15)16/h3,9H,1-2H2,(H,18,19). The minimum atomic E-state index is -5.15. The molecule has 0 unspecified atom stereocenters. The Labute approximate surface area is 117 Å². The molecule has 1 N–H and O–H groups in total. The Kier molecular flexibility index (Phi) is 5.26. The van der Waals surface area contributed by atoms with Crippen molar-refractivity contribution in [3.8, 4) is 5.75 Å². The second-order valence-corrected chi connectivity index (χ2v) is 4.08. The molecule has 1 heterocycles. The number of aromatic nitrogens is 1. The number of carboxylic acids is 1. The first-order valence-electron chi connectivity index (χ1n) is 4.98. The predicted molar refractivity (Wildman–Crippen MR) is 59.8 cm³/mol. The van der Waals surface area contributed by atoms with E-state index in [4.69, 9.17) is 5.11 Å². The average Bonchev–Trinajstić information content (AvgIpc) is 2.28. The molecule has 0 saturated carbocycles. The third-order valence-corrected chi connectivity index (χ3v) is 2.71. The number of ether oxygens (including phenoxy) is 1. The van der Waals surface area contributed by atoms with Gasteiger partial charge >= 0.3 is 12.3 Å². The average molecular weight is 364 g/mol. The Hall–Kier alpha value is -1.45. The van der Waals surface area contributed by atoms with Crippen LogP contribution >= 0.6 is 15.9 Å². The van der Waals surface area contributed by atoms with Crippen molar-refractivity contribution in [2.45, 2.75) is 24.5 Å². The third kappa shape index (κ3) is 4.29. The molecule has 1 aromatic rings. The topological polar surface area (TPSA) is 59.4 Å². The van der Waals surface area contributed by atoms with Crippen LogP contribution in [0.5, 0.6) is 5.75 Å². The summed E-state index contributed by atoms with van der Waals surface area (Å²) in [5, 5.41) is 8.23. The minimum Gasteiger partial charge on any atom is -0.481 e. The van der Waals surface area contributed by atoms with E-state index in [0.29, 0.717) is 6.20 Å². The molecule has 0 bridgehead atoms. The van der Waals surface area contributed by atoms with Crippen molar-refractivity contribution >= 4 is 21.9 Å². The summed E-state index contributed by atoms with van der Waals surface area (Å²) in [7, 11) is 0. The summed E-state index contributed by atoms with van der Waals surface area (Å²) >= 11 is 2.78. The number of alkyl halides is 6. The molecular formula is C10H7BrF5NO3. The summed E-state index contributed by atoms with van der Waals surface area (Å²) in [5.41, 5.74) is -1.81.